The zero-order valence-electron chi connectivity index (χ0n) is 22.9. The minimum Gasteiger partial charge on any atom is -0.507 e. The summed E-state index contributed by atoms with van der Waals surface area (Å²) in [5.41, 5.74) is 4.45. The van der Waals surface area contributed by atoms with Crippen molar-refractivity contribution in [1.29, 1.82) is 0 Å². The van der Waals surface area contributed by atoms with E-state index in [9.17, 15) is 14.7 Å². The van der Waals surface area contributed by atoms with Gasteiger partial charge in [-0.05, 0) is 53.3 Å². The van der Waals surface area contributed by atoms with E-state index in [0.717, 1.165) is 22.4 Å². The van der Waals surface area contributed by atoms with Crippen LogP contribution < -0.4 is 9.64 Å². The van der Waals surface area contributed by atoms with E-state index in [1.54, 1.807) is 12.1 Å². The highest BCUT2D eigenvalue weighted by atomic mass is 32.2. The number of benzene rings is 3. The minimum absolute atomic E-state index is 0.0351. The van der Waals surface area contributed by atoms with Gasteiger partial charge in [-0.2, -0.15) is 0 Å². The molecule has 41 heavy (non-hydrogen) atoms. The van der Waals surface area contributed by atoms with E-state index in [2.05, 4.69) is 24.0 Å². The fourth-order valence-corrected chi connectivity index (χ4v) is 7.03. The summed E-state index contributed by atoms with van der Waals surface area (Å²) in [5, 5.41) is 20.5. The first-order valence-electron chi connectivity index (χ1n) is 13.5. The van der Waals surface area contributed by atoms with Crippen LogP contribution in [0.2, 0.25) is 0 Å². The third-order valence-electron chi connectivity index (χ3n) is 7.34. The minimum atomic E-state index is -0.848. The summed E-state index contributed by atoms with van der Waals surface area (Å²) in [6.07, 6.45) is 0.748. The number of nitrogens with zero attached hydrogens (tertiary/aromatic N) is 3. The van der Waals surface area contributed by atoms with Crippen molar-refractivity contribution in [3.05, 3.63) is 106 Å². The number of ketones is 1. The van der Waals surface area contributed by atoms with E-state index < -0.39 is 17.7 Å². The fraction of sp³-hybridized carbons (Fsp3) is 0.250. The molecule has 3 aromatic carbocycles. The molecule has 0 saturated carbocycles. The molecule has 3 heterocycles. The molecule has 1 amide bonds. The van der Waals surface area contributed by atoms with E-state index in [0.29, 0.717) is 38.7 Å². The number of aliphatic hydroxyl groups is 1. The van der Waals surface area contributed by atoms with Crippen molar-refractivity contribution in [3.8, 4) is 5.75 Å². The summed E-state index contributed by atoms with van der Waals surface area (Å²) in [5.74, 6) is 0.0881. The average molecular weight is 584 g/mol. The van der Waals surface area contributed by atoms with E-state index >= 15 is 0 Å². The first-order chi connectivity index (χ1) is 19.8. The first kappa shape index (κ1) is 27.2. The summed E-state index contributed by atoms with van der Waals surface area (Å²) in [6, 6.07) is 22.4. The van der Waals surface area contributed by atoms with Crippen LogP contribution in [0.4, 0.5) is 5.13 Å². The number of ether oxygens (including phenoxy) is 1. The van der Waals surface area contributed by atoms with Gasteiger partial charge in [0.15, 0.2) is 4.34 Å². The van der Waals surface area contributed by atoms with Crippen LogP contribution in [-0.4, -0.2) is 33.1 Å². The quantitative estimate of drug-likeness (QED) is 0.0831. The maximum Gasteiger partial charge on any atom is 0.301 e. The van der Waals surface area contributed by atoms with E-state index in [-0.39, 0.29) is 17.4 Å². The average Bonchev–Trinajstić information content (AvgIpc) is 3.67. The van der Waals surface area contributed by atoms with Gasteiger partial charge in [0, 0.05) is 17.7 Å². The maximum atomic E-state index is 13.6. The zero-order valence-corrected chi connectivity index (χ0v) is 24.5. The van der Waals surface area contributed by atoms with Gasteiger partial charge in [0.05, 0.1) is 11.6 Å². The van der Waals surface area contributed by atoms with Crippen LogP contribution in [0.15, 0.2) is 82.7 Å². The largest absolute Gasteiger partial charge is 0.507 e. The molecule has 1 fully saturated rings. The van der Waals surface area contributed by atoms with Crippen molar-refractivity contribution in [2.24, 2.45) is 0 Å². The standard InChI is InChI=1S/C32H29N3O4S2/c1-18(2)21-9-11-22(12-10-21)27-26(28(36)23-13-14-25-24(16-23)15-19(3)39-25)29(37)30(38)35(27)31-33-34-32(41-31)40-17-20-7-5-4-6-8-20/h4-14,16,18-19,27,36H,15,17H2,1-3H3/b28-26+/t19-,27+/m1/s1. The number of amides is 1. The Labute approximate surface area is 246 Å². The molecule has 2 atom stereocenters. The lowest BCUT2D eigenvalue weighted by Gasteiger charge is -2.23. The fourth-order valence-electron chi connectivity index (χ4n) is 5.21. The number of aromatic nitrogens is 2. The van der Waals surface area contributed by atoms with Crippen LogP contribution in [-0.2, 0) is 21.8 Å². The molecule has 0 bridgehead atoms. The molecule has 1 N–H and O–H groups in total. The van der Waals surface area contributed by atoms with Gasteiger partial charge >= 0.3 is 5.91 Å². The van der Waals surface area contributed by atoms with Crippen LogP contribution >= 0.6 is 23.1 Å². The van der Waals surface area contributed by atoms with E-state index in [1.807, 2.05) is 67.6 Å². The number of hydrogen-bond donors (Lipinski definition) is 1. The number of aliphatic hydroxyl groups excluding tert-OH is 1. The topological polar surface area (TPSA) is 92.6 Å². The second kappa shape index (κ2) is 11.1. The molecule has 1 saturated heterocycles. The van der Waals surface area contributed by atoms with Gasteiger partial charge in [0.25, 0.3) is 5.78 Å². The molecule has 7 nitrogen and oxygen atoms in total. The van der Waals surface area contributed by atoms with Crippen molar-refractivity contribution < 1.29 is 19.4 Å². The number of fused-ring (bicyclic) bond motifs is 1. The van der Waals surface area contributed by atoms with Gasteiger partial charge in [-0.3, -0.25) is 14.5 Å². The van der Waals surface area contributed by atoms with Crippen molar-refractivity contribution in [1.82, 2.24) is 10.2 Å². The van der Waals surface area contributed by atoms with E-state index in [4.69, 9.17) is 4.74 Å². The summed E-state index contributed by atoms with van der Waals surface area (Å²) in [4.78, 5) is 28.5. The van der Waals surface area contributed by atoms with Crippen molar-refractivity contribution in [3.63, 3.8) is 0 Å². The Morgan fingerprint density at radius 2 is 1.83 bits per heavy atom. The van der Waals surface area contributed by atoms with Gasteiger partial charge in [-0.25, -0.2) is 0 Å². The summed E-state index contributed by atoms with van der Waals surface area (Å²) >= 11 is 2.78. The van der Waals surface area contributed by atoms with Crippen molar-refractivity contribution in [2.45, 2.75) is 55.3 Å². The Balaban J connectivity index is 1.40. The normalized spacial score (nSPS) is 19.6. The molecule has 1 aromatic heterocycles. The third kappa shape index (κ3) is 5.27. The molecule has 4 aromatic rings. The molecule has 0 radical (unpaired) electrons. The molecular formula is C32H29N3O4S2. The van der Waals surface area contributed by atoms with Gasteiger partial charge in [0.2, 0.25) is 5.13 Å². The van der Waals surface area contributed by atoms with Crippen LogP contribution in [0.1, 0.15) is 60.5 Å². The molecule has 2 aliphatic rings. The van der Waals surface area contributed by atoms with Gasteiger partial charge in [-0.15, -0.1) is 10.2 Å². The van der Waals surface area contributed by atoms with Crippen LogP contribution in [0.25, 0.3) is 5.76 Å². The summed E-state index contributed by atoms with van der Waals surface area (Å²) in [7, 11) is 0. The molecule has 0 unspecified atom stereocenters. The third-order valence-corrected chi connectivity index (χ3v) is 9.47. The Hall–Kier alpha value is -3.95. The molecule has 0 aliphatic carbocycles. The number of rotatable bonds is 7. The molecule has 6 rings (SSSR count). The van der Waals surface area contributed by atoms with E-state index in [1.165, 1.54) is 28.0 Å². The molecule has 208 valence electrons. The number of carbonyl (C=O) groups excluding carboxylic acids is 2. The van der Waals surface area contributed by atoms with Gasteiger partial charge < -0.3 is 9.84 Å². The molecule has 9 heteroatoms. The van der Waals surface area contributed by atoms with Crippen molar-refractivity contribution in [2.75, 3.05) is 4.90 Å². The van der Waals surface area contributed by atoms with Crippen LogP contribution in [0, 0.1) is 0 Å². The highest BCUT2D eigenvalue weighted by Gasteiger charge is 2.48. The lowest BCUT2D eigenvalue weighted by atomic mass is 9.93. The highest BCUT2D eigenvalue weighted by molar-refractivity contribution is 8.00. The molecule has 2 aliphatic heterocycles. The van der Waals surface area contributed by atoms with Gasteiger partial charge in [0.1, 0.15) is 17.6 Å². The van der Waals surface area contributed by atoms with Crippen molar-refractivity contribution >= 4 is 45.7 Å². The first-order valence-corrected chi connectivity index (χ1v) is 15.3. The Bertz CT molecular complexity index is 1650. The number of Topliss-reactive ketones (excluding diaryl/α,β-unsaturated/α-hetero) is 1. The number of carbonyl (C=O) groups is 2. The van der Waals surface area contributed by atoms with Crippen LogP contribution in [0.5, 0.6) is 5.75 Å². The highest BCUT2D eigenvalue weighted by Crippen LogP contribution is 2.44. The predicted octanol–water partition coefficient (Wildman–Crippen LogP) is 6.90. The summed E-state index contributed by atoms with van der Waals surface area (Å²) < 4.78 is 6.50. The zero-order chi connectivity index (χ0) is 28.7. The molecule has 0 spiro atoms. The number of hydrogen-bond acceptors (Lipinski definition) is 8. The lowest BCUT2D eigenvalue weighted by molar-refractivity contribution is -0.132. The van der Waals surface area contributed by atoms with Crippen LogP contribution in [0.3, 0.4) is 0 Å². The second-order valence-electron chi connectivity index (χ2n) is 10.6. The SMILES string of the molecule is CC(C)c1ccc([C@H]2/C(=C(\O)c3ccc4c(c3)C[C@@H](C)O4)C(=O)C(=O)N2c2nnc(SCc3ccccc3)s2)cc1. The smallest absolute Gasteiger partial charge is 0.301 e. The van der Waals surface area contributed by atoms with Gasteiger partial charge in [-0.1, -0.05) is 91.5 Å². The number of thioether (sulfide) groups is 1. The maximum absolute atomic E-state index is 13.6. The lowest BCUT2D eigenvalue weighted by Crippen LogP contribution is -2.29. The Kier molecular flexibility index (Phi) is 7.40. The predicted molar refractivity (Wildman–Crippen MR) is 161 cm³/mol. The molecular weight excluding hydrogens is 555 g/mol. The Morgan fingerprint density at radius 3 is 2.56 bits per heavy atom. The number of anilines is 1. The second-order valence-corrected chi connectivity index (χ2v) is 12.7. The summed E-state index contributed by atoms with van der Waals surface area (Å²) in [6.45, 7) is 6.20. The Morgan fingerprint density at radius 1 is 1.07 bits per heavy atom. The monoisotopic (exact) mass is 583 g/mol.